The Kier molecular flexibility index (Phi) is 6.42. The van der Waals surface area contributed by atoms with Crippen LogP contribution in [0.1, 0.15) is 25.8 Å². The molecule has 0 aromatic heterocycles. The highest BCUT2D eigenvalue weighted by Gasteiger charge is 2.30. The number of anilines is 2. The first-order chi connectivity index (χ1) is 14.2. The van der Waals surface area contributed by atoms with Gasteiger partial charge in [-0.1, -0.05) is 0 Å². The van der Waals surface area contributed by atoms with E-state index in [2.05, 4.69) is 10.0 Å². The van der Waals surface area contributed by atoms with Gasteiger partial charge in [0.1, 0.15) is 5.75 Å². The van der Waals surface area contributed by atoms with Gasteiger partial charge in [0, 0.05) is 37.3 Å². The zero-order chi connectivity index (χ0) is 21.9. The van der Waals surface area contributed by atoms with Gasteiger partial charge >= 0.3 is 0 Å². The number of fused-ring (bicyclic) bond motifs is 1. The number of benzene rings is 2. The number of amides is 2. The van der Waals surface area contributed by atoms with Crippen LogP contribution in [0.4, 0.5) is 11.4 Å². The lowest BCUT2D eigenvalue weighted by Gasteiger charge is -2.20. The van der Waals surface area contributed by atoms with E-state index in [4.69, 9.17) is 4.74 Å². The maximum absolute atomic E-state index is 12.6. The van der Waals surface area contributed by atoms with Gasteiger partial charge < -0.3 is 15.0 Å². The van der Waals surface area contributed by atoms with E-state index in [0.29, 0.717) is 17.9 Å². The molecule has 2 aromatic rings. The Morgan fingerprint density at radius 3 is 2.50 bits per heavy atom. The number of nitrogens with zero attached hydrogens (tertiary/aromatic N) is 1. The largest absolute Gasteiger partial charge is 0.497 e. The van der Waals surface area contributed by atoms with Crippen molar-refractivity contribution in [3.63, 3.8) is 0 Å². The number of rotatable bonds is 7. The fourth-order valence-electron chi connectivity index (χ4n) is 3.53. The number of hydrogen-bond acceptors (Lipinski definition) is 5. The molecule has 2 N–H and O–H groups in total. The van der Waals surface area contributed by atoms with E-state index in [1.54, 1.807) is 48.4 Å². The Bertz CT molecular complexity index is 1050. The minimum atomic E-state index is -3.76. The molecule has 1 aliphatic heterocycles. The van der Waals surface area contributed by atoms with Crippen LogP contribution in [0.5, 0.6) is 5.75 Å². The molecule has 1 heterocycles. The molecule has 0 saturated heterocycles. The van der Waals surface area contributed by atoms with E-state index >= 15 is 0 Å². The van der Waals surface area contributed by atoms with Crippen LogP contribution in [0.25, 0.3) is 0 Å². The lowest BCUT2D eigenvalue weighted by Crippen LogP contribution is -2.33. The Balaban J connectivity index is 1.58. The third-order valence-electron chi connectivity index (χ3n) is 4.93. The van der Waals surface area contributed by atoms with Gasteiger partial charge in [-0.15, -0.1) is 0 Å². The fourth-order valence-corrected chi connectivity index (χ4v) is 4.62. The summed E-state index contributed by atoms with van der Waals surface area (Å²) in [5.41, 5.74) is 2.16. The van der Waals surface area contributed by atoms with Gasteiger partial charge in [0.05, 0.1) is 12.0 Å². The Hall–Kier alpha value is -2.91. The molecule has 0 fully saturated rings. The predicted molar refractivity (Wildman–Crippen MR) is 114 cm³/mol. The molecule has 0 aliphatic carbocycles. The van der Waals surface area contributed by atoms with Crippen molar-refractivity contribution in [2.45, 2.75) is 37.6 Å². The average Bonchev–Trinajstić information content (AvgIpc) is 3.03. The van der Waals surface area contributed by atoms with Gasteiger partial charge in [0.2, 0.25) is 21.8 Å². The van der Waals surface area contributed by atoms with E-state index < -0.39 is 10.0 Å². The van der Waals surface area contributed by atoms with Gasteiger partial charge in [-0.05, 0) is 61.4 Å². The lowest BCUT2D eigenvalue weighted by molar-refractivity contribution is -0.117. The van der Waals surface area contributed by atoms with Crippen molar-refractivity contribution in [2.75, 3.05) is 23.9 Å². The summed E-state index contributed by atoms with van der Waals surface area (Å²) in [5.74, 6) is 0.302. The lowest BCUT2D eigenvalue weighted by atomic mass is 10.1. The highest BCUT2D eigenvalue weighted by molar-refractivity contribution is 7.89. The molecule has 30 heavy (non-hydrogen) atoms. The van der Waals surface area contributed by atoms with Crippen molar-refractivity contribution in [3.05, 3.63) is 48.0 Å². The minimum absolute atomic E-state index is 0.00858. The fraction of sp³-hybridized carbons (Fsp3) is 0.333. The maximum Gasteiger partial charge on any atom is 0.240 e. The van der Waals surface area contributed by atoms with Crippen LogP contribution in [0, 0.1) is 0 Å². The number of carbonyl (C=O) groups excluding carboxylic acids is 2. The van der Waals surface area contributed by atoms with Crippen molar-refractivity contribution in [1.82, 2.24) is 4.72 Å². The van der Waals surface area contributed by atoms with Crippen LogP contribution >= 0.6 is 0 Å². The van der Waals surface area contributed by atoms with Crippen molar-refractivity contribution in [3.8, 4) is 5.75 Å². The molecular weight excluding hydrogens is 406 g/mol. The summed E-state index contributed by atoms with van der Waals surface area (Å²) in [4.78, 5) is 25.7. The quantitative estimate of drug-likeness (QED) is 0.700. The zero-order valence-corrected chi connectivity index (χ0v) is 18.0. The van der Waals surface area contributed by atoms with E-state index in [-0.39, 0.29) is 35.7 Å². The van der Waals surface area contributed by atoms with Crippen LogP contribution in [0.15, 0.2) is 47.4 Å². The number of methoxy groups -OCH3 is 1. The minimum Gasteiger partial charge on any atom is -0.497 e. The monoisotopic (exact) mass is 431 g/mol. The van der Waals surface area contributed by atoms with Gasteiger partial charge in [-0.2, -0.15) is 0 Å². The Labute approximate surface area is 176 Å². The summed E-state index contributed by atoms with van der Waals surface area (Å²) in [6.07, 6.45) is 0.591. The number of hydrogen-bond donors (Lipinski definition) is 2. The molecule has 2 amide bonds. The molecule has 9 heteroatoms. The van der Waals surface area contributed by atoms with Crippen molar-refractivity contribution >= 4 is 33.2 Å². The molecule has 1 aliphatic rings. The Morgan fingerprint density at radius 2 is 1.87 bits per heavy atom. The molecule has 0 spiro atoms. The number of ether oxygens (including phenoxy) is 1. The second-order valence-electron chi connectivity index (χ2n) is 7.16. The normalized spacial score (nSPS) is 15.6. The third-order valence-corrected chi connectivity index (χ3v) is 6.39. The van der Waals surface area contributed by atoms with E-state index in [0.717, 1.165) is 11.3 Å². The van der Waals surface area contributed by atoms with E-state index in [1.807, 2.05) is 6.92 Å². The number of carbonyl (C=O) groups is 2. The van der Waals surface area contributed by atoms with Crippen LogP contribution in [-0.2, 0) is 26.0 Å². The number of nitrogens with one attached hydrogen (secondary N) is 2. The number of sulfonamides is 1. The molecule has 0 unspecified atom stereocenters. The van der Waals surface area contributed by atoms with E-state index in [9.17, 15) is 18.0 Å². The van der Waals surface area contributed by atoms with Gasteiger partial charge in [0.15, 0.2) is 0 Å². The molecule has 0 bridgehead atoms. The highest BCUT2D eigenvalue weighted by atomic mass is 32.2. The zero-order valence-electron chi connectivity index (χ0n) is 17.1. The first-order valence-electron chi connectivity index (χ1n) is 9.57. The van der Waals surface area contributed by atoms with Gasteiger partial charge in [-0.3, -0.25) is 9.59 Å². The summed E-state index contributed by atoms with van der Waals surface area (Å²) < 4.78 is 32.7. The third kappa shape index (κ3) is 4.80. The van der Waals surface area contributed by atoms with Gasteiger partial charge in [-0.25, -0.2) is 13.1 Å². The molecule has 0 saturated carbocycles. The molecule has 2 aromatic carbocycles. The topological polar surface area (TPSA) is 105 Å². The first-order valence-corrected chi connectivity index (χ1v) is 11.1. The second-order valence-corrected chi connectivity index (χ2v) is 8.92. The molecule has 8 nitrogen and oxygen atoms in total. The summed E-state index contributed by atoms with van der Waals surface area (Å²) >= 11 is 0. The second kappa shape index (κ2) is 8.85. The molecule has 1 atom stereocenters. The van der Waals surface area contributed by atoms with Crippen LogP contribution in [0.3, 0.4) is 0 Å². The average molecular weight is 432 g/mol. The smallest absolute Gasteiger partial charge is 0.240 e. The molecule has 0 radical (unpaired) electrons. The molecule has 160 valence electrons. The van der Waals surface area contributed by atoms with Crippen molar-refractivity contribution in [1.29, 1.82) is 0 Å². The van der Waals surface area contributed by atoms with Crippen molar-refractivity contribution in [2.24, 2.45) is 0 Å². The van der Waals surface area contributed by atoms with Crippen LogP contribution in [0.2, 0.25) is 0 Å². The maximum atomic E-state index is 12.6. The molecule has 3 rings (SSSR count). The first kappa shape index (κ1) is 21.8. The van der Waals surface area contributed by atoms with Crippen LogP contribution in [-0.4, -0.2) is 39.9 Å². The summed E-state index contributed by atoms with van der Waals surface area (Å²) in [7, 11) is -2.21. The summed E-state index contributed by atoms with van der Waals surface area (Å²) in [5, 5.41) is 2.71. The van der Waals surface area contributed by atoms with Crippen LogP contribution < -0.4 is 19.7 Å². The van der Waals surface area contributed by atoms with Crippen molar-refractivity contribution < 1.29 is 22.7 Å². The summed E-state index contributed by atoms with van der Waals surface area (Å²) in [6.45, 7) is 3.39. The summed E-state index contributed by atoms with van der Waals surface area (Å²) in [6, 6.07) is 11.6. The van der Waals surface area contributed by atoms with E-state index in [1.165, 1.54) is 13.0 Å². The molecular formula is C21H25N3O5S. The SMILES string of the molecule is COc1ccc(NC(=O)CCNS(=O)(=O)c2ccc3c(c2)C[C@@H](C)N3C(C)=O)cc1. The predicted octanol–water partition coefficient (Wildman–Crippen LogP) is 2.30. The standard InChI is InChI=1S/C21H25N3O5S/c1-14-12-16-13-19(8-9-20(16)24(14)15(2)25)30(27,28)22-11-10-21(26)23-17-4-6-18(29-3)7-5-17/h4-9,13-14,22H,10-12H2,1-3H3,(H,23,26)/t14-/m1/s1. The highest BCUT2D eigenvalue weighted by Crippen LogP contribution is 2.33. The Morgan fingerprint density at radius 1 is 1.17 bits per heavy atom. The van der Waals surface area contributed by atoms with Gasteiger partial charge in [0.25, 0.3) is 0 Å².